The third-order valence-corrected chi connectivity index (χ3v) is 4.85. The quantitative estimate of drug-likeness (QED) is 0.560. The van der Waals surface area contributed by atoms with Gasteiger partial charge in [0.05, 0.1) is 12.8 Å². The van der Waals surface area contributed by atoms with E-state index in [0.717, 1.165) is 0 Å². The lowest BCUT2D eigenvalue weighted by Gasteiger charge is -2.14. The van der Waals surface area contributed by atoms with Crippen molar-refractivity contribution in [3.8, 4) is 28.8 Å². The molecule has 0 atom stereocenters. The Kier molecular flexibility index (Phi) is 6.05. The first kappa shape index (κ1) is 20.0. The number of methoxy groups -OCH3 is 1. The van der Waals surface area contributed by atoms with E-state index >= 15 is 0 Å². The molecule has 1 heterocycles. The number of nitriles is 1. The topological polar surface area (TPSA) is 90.9 Å². The van der Waals surface area contributed by atoms with E-state index in [9.17, 15) is 10.1 Å². The molecule has 0 unspecified atom stereocenters. The van der Waals surface area contributed by atoms with Gasteiger partial charge in [-0.3, -0.25) is 9.78 Å². The molecule has 0 aliphatic rings. The number of H-pyrrole nitrogens is 2. The molecule has 0 radical (unpaired) electrons. The summed E-state index contributed by atoms with van der Waals surface area (Å²) in [6.07, 6.45) is 0. The van der Waals surface area contributed by atoms with Gasteiger partial charge in [0.25, 0.3) is 5.56 Å². The molecule has 0 amide bonds. The maximum absolute atomic E-state index is 12.0. The Hall–Kier alpha value is -2.79. The molecular formula is C19H13Cl2N3O3S. The number of nitrogens with zero attached hydrogens (tertiary/aromatic N) is 1. The average Bonchev–Trinajstić information content (AvgIpc) is 2.67. The van der Waals surface area contributed by atoms with Crippen molar-refractivity contribution in [2.24, 2.45) is 0 Å². The summed E-state index contributed by atoms with van der Waals surface area (Å²) < 4.78 is 11.3. The van der Waals surface area contributed by atoms with E-state index in [0.29, 0.717) is 38.4 Å². The van der Waals surface area contributed by atoms with Gasteiger partial charge in [0, 0.05) is 21.2 Å². The molecule has 0 aliphatic carbocycles. The van der Waals surface area contributed by atoms with Crippen LogP contribution in [-0.4, -0.2) is 17.1 Å². The molecule has 0 spiro atoms. The van der Waals surface area contributed by atoms with E-state index in [-0.39, 0.29) is 16.9 Å². The number of aromatic amines is 2. The number of benzene rings is 2. The van der Waals surface area contributed by atoms with Gasteiger partial charge in [-0.2, -0.15) is 5.26 Å². The Morgan fingerprint density at radius 2 is 1.86 bits per heavy atom. The second kappa shape index (κ2) is 8.48. The molecule has 3 rings (SSSR count). The van der Waals surface area contributed by atoms with Gasteiger partial charge in [0.1, 0.15) is 18.2 Å². The number of hydrogen-bond donors (Lipinski definition) is 2. The maximum Gasteiger partial charge on any atom is 0.270 e. The molecule has 3 aromatic rings. The Balaban J connectivity index is 1.97. The van der Waals surface area contributed by atoms with Gasteiger partial charge in [0.2, 0.25) is 0 Å². The lowest BCUT2D eigenvalue weighted by atomic mass is 10.1. The SMILES string of the molecule is COc1cc(-c2[nH]c(=S)[nH]c(=O)c2C#N)ccc1OCc1c(Cl)cccc1Cl. The minimum Gasteiger partial charge on any atom is -0.493 e. The largest absolute Gasteiger partial charge is 0.493 e. The Morgan fingerprint density at radius 3 is 2.50 bits per heavy atom. The van der Waals surface area contributed by atoms with Crippen LogP contribution in [-0.2, 0) is 6.61 Å². The van der Waals surface area contributed by atoms with Gasteiger partial charge in [-0.25, -0.2) is 0 Å². The van der Waals surface area contributed by atoms with Crippen LogP contribution in [0.3, 0.4) is 0 Å². The number of hydrogen-bond acceptors (Lipinski definition) is 5. The average molecular weight is 434 g/mol. The minimum atomic E-state index is -0.561. The second-order valence-electron chi connectivity index (χ2n) is 5.62. The summed E-state index contributed by atoms with van der Waals surface area (Å²) in [5, 5.41) is 10.3. The number of nitrogens with one attached hydrogen (secondary N) is 2. The van der Waals surface area contributed by atoms with Crippen molar-refractivity contribution in [3.63, 3.8) is 0 Å². The fourth-order valence-electron chi connectivity index (χ4n) is 2.57. The van der Waals surface area contributed by atoms with Crippen LogP contribution < -0.4 is 15.0 Å². The molecule has 2 N–H and O–H groups in total. The van der Waals surface area contributed by atoms with Crippen molar-refractivity contribution in [1.82, 2.24) is 9.97 Å². The summed E-state index contributed by atoms with van der Waals surface area (Å²) in [5.74, 6) is 0.855. The lowest BCUT2D eigenvalue weighted by molar-refractivity contribution is 0.285. The molecule has 1 aromatic heterocycles. The van der Waals surface area contributed by atoms with Crippen LogP contribution in [0.4, 0.5) is 0 Å². The van der Waals surface area contributed by atoms with E-state index in [1.807, 2.05) is 6.07 Å². The highest BCUT2D eigenvalue weighted by molar-refractivity contribution is 7.71. The standard InChI is InChI=1S/C19H13Cl2N3O3S/c1-26-16-7-10(17-11(8-22)18(25)24-19(28)23-17)5-6-15(16)27-9-12-13(20)3-2-4-14(12)21/h2-7H,9H2,1H3,(H2,23,24,25,28). The van der Waals surface area contributed by atoms with Gasteiger partial charge >= 0.3 is 0 Å². The first-order valence-corrected chi connectivity index (χ1v) is 9.11. The molecule has 9 heteroatoms. The van der Waals surface area contributed by atoms with Crippen LogP contribution in [0.1, 0.15) is 11.1 Å². The predicted molar refractivity (Wildman–Crippen MR) is 110 cm³/mol. The van der Waals surface area contributed by atoms with Crippen LogP contribution in [0.25, 0.3) is 11.3 Å². The summed E-state index contributed by atoms with van der Waals surface area (Å²) in [6, 6.07) is 12.1. The van der Waals surface area contributed by atoms with Gasteiger partial charge in [0.15, 0.2) is 16.3 Å². The molecular weight excluding hydrogens is 421 g/mol. The zero-order chi connectivity index (χ0) is 20.3. The maximum atomic E-state index is 12.0. The van der Waals surface area contributed by atoms with Crippen LogP contribution in [0, 0.1) is 16.1 Å². The van der Waals surface area contributed by atoms with Crippen LogP contribution >= 0.6 is 35.4 Å². The van der Waals surface area contributed by atoms with Gasteiger partial charge in [-0.05, 0) is 42.5 Å². The van der Waals surface area contributed by atoms with E-state index < -0.39 is 5.56 Å². The molecule has 0 bridgehead atoms. The number of ether oxygens (including phenoxy) is 2. The molecule has 2 aromatic carbocycles. The Labute approximate surface area is 175 Å². The molecule has 0 saturated carbocycles. The molecule has 0 fully saturated rings. The van der Waals surface area contributed by atoms with Crippen LogP contribution in [0.2, 0.25) is 10.0 Å². The lowest BCUT2D eigenvalue weighted by Crippen LogP contribution is -2.13. The summed E-state index contributed by atoms with van der Waals surface area (Å²) in [5.41, 5.74) is 0.868. The number of halogens is 2. The third kappa shape index (κ3) is 4.04. The monoisotopic (exact) mass is 433 g/mol. The zero-order valence-electron chi connectivity index (χ0n) is 14.5. The van der Waals surface area contributed by atoms with Gasteiger partial charge in [-0.15, -0.1) is 0 Å². The predicted octanol–water partition coefficient (Wildman–Crippen LogP) is 4.87. The molecule has 0 aliphatic heterocycles. The van der Waals surface area contributed by atoms with Crippen LogP contribution in [0.15, 0.2) is 41.2 Å². The number of aromatic nitrogens is 2. The smallest absolute Gasteiger partial charge is 0.270 e. The Bertz CT molecular complexity index is 1180. The van der Waals surface area contributed by atoms with Gasteiger partial charge < -0.3 is 14.5 Å². The summed E-state index contributed by atoms with van der Waals surface area (Å²) in [6.45, 7) is 0.144. The highest BCUT2D eigenvalue weighted by atomic mass is 35.5. The number of rotatable bonds is 5. The Morgan fingerprint density at radius 1 is 1.14 bits per heavy atom. The van der Waals surface area contributed by atoms with Crippen molar-refractivity contribution >= 4 is 35.4 Å². The van der Waals surface area contributed by atoms with E-state index in [1.165, 1.54) is 7.11 Å². The van der Waals surface area contributed by atoms with Crippen molar-refractivity contribution in [2.45, 2.75) is 6.61 Å². The van der Waals surface area contributed by atoms with Gasteiger partial charge in [-0.1, -0.05) is 29.3 Å². The minimum absolute atomic E-state index is 0.0767. The summed E-state index contributed by atoms with van der Waals surface area (Å²) >= 11 is 17.3. The highest BCUT2D eigenvalue weighted by Gasteiger charge is 2.14. The fourth-order valence-corrected chi connectivity index (χ4v) is 3.27. The van der Waals surface area contributed by atoms with Crippen LogP contribution in [0.5, 0.6) is 11.5 Å². The van der Waals surface area contributed by atoms with Crippen molar-refractivity contribution < 1.29 is 9.47 Å². The fraction of sp³-hybridized carbons (Fsp3) is 0.105. The summed E-state index contributed by atoms with van der Waals surface area (Å²) in [7, 11) is 1.49. The molecule has 0 saturated heterocycles. The highest BCUT2D eigenvalue weighted by Crippen LogP contribution is 2.34. The summed E-state index contributed by atoms with van der Waals surface area (Å²) in [4.78, 5) is 17.2. The third-order valence-electron chi connectivity index (χ3n) is 3.94. The van der Waals surface area contributed by atoms with E-state index in [2.05, 4.69) is 9.97 Å². The molecule has 6 nitrogen and oxygen atoms in total. The van der Waals surface area contributed by atoms with E-state index in [4.69, 9.17) is 44.9 Å². The zero-order valence-corrected chi connectivity index (χ0v) is 16.8. The van der Waals surface area contributed by atoms with Crippen molar-refractivity contribution in [2.75, 3.05) is 7.11 Å². The first-order valence-electron chi connectivity index (χ1n) is 7.95. The molecule has 28 heavy (non-hydrogen) atoms. The molecule has 142 valence electrons. The van der Waals surface area contributed by atoms with Crippen molar-refractivity contribution in [1.29, 1.82) is 5.26 Å². The van der Waals surface area contributed by atoms with Crippen molar-refractivity contribution in [3.05, 3.63) is 72.7 Å². The second-order valence-corrected chi connectivity index (χ2v) is 6.85. The first-order chi connectivity index (χ1) is 13.4. The van der Waals surface area contributed by atoms with E-state index in [1.54, 1.807) is 36.4 Å². The normalized spacial score (nSPS) is 10.4.